The molecule has 0 aromatic heterocycles. The van der Waals surface area contributed by atoms with Crippen molar-refractivity contribution in [1.29, 1.82) is 0 Å². The number of rotatable bonds is 3. The van der Waals surface area contributed by atoms with Gasteiger partial charge in [0, 0.05) is 21.0 Å². The molecule has 0 heterocycles. The summed E-state index contributed by atoms with van der Waals surface area (Å²) in [6.45, 7) is 6.55. The monoisotopic (exact) mass is 187 g/mol. The summed E-state index contributed by atoms with van der Waals surface area (Å²) >= 11 is 4.07. The van der Waals surface area contributed by atoms with Crippen LogP contribution >= 0.6 is 0 Å². The average Bonchev–Trinajstić information content (AvgIpc) is 1.63. The molecule has 0 rings (SSSR count). The Balaban J connectivity index is 0. The van der Waals surface area contributed by atoms with Gasteiger partial charge in [0.15, 0.2) is 0 Å². The molecule has 0 unspecified atom stereocenters. The van der Waals surface area contributed by atoms with Crippen LogP contribution in [0.4, 0.5) is 0 Å². The largest absolute Gasteiger partial charge is 1.00 e. The maximum Gasteiger partial charge on any atom is 1.00 e. The van der Waals surface area contributed by atoms with Crippen LogP contribution in [0.1, 0.15) is 6.42 Å². The molecule has 0 saturated heterocycles. The molecule has 0 saturated carbocycles. The minimum Gasteiger partial charge on any atom is -0.649 e. The summed E-state index contributed by atoms with van der Waals surface area (Å²) in [5.74, 6) is -0.0509. The third-order valence-electron chi connectivity index (χ3n) is 0.664. The Kier molecular flexibility index (Phi) is 8.70. The molecule has 0 aliphatic carbocycles. The summed E-state index contributed by atoms with van der Waals surface area (Å²) in [5.41, 5.74) is 0. The first-order valence-corrected chi connectivity index (χ1v) is 4.91. The molecule has 0 amide bonds. The summed E-state index contributed by atoms with van der Waals surface area (Å²) < 4.78 is 20.4. The van der Waals surface area contributed by atoms with Gasteiger partial charge in [0.05, 0.1) is 0 Å². The van der Waals surface area contributed by atoms with Crippen LogP contribution in [0.5, 0.6) is 0 Å². The molecule has 0 aliphatic rings. The predicted molar refractivity (Wildman–Crippen MR) is 37.2 cm³/mol. The fourth-order valence-electron chi connectivity index (χ4n) is 0.320. The molecule has 0 radical (unpaired) electrons. The van der Waals surface area contributed by atoms with E-state index in [4.69, 9.17) is 6.57 Å². The van der Waals surface area contributed by atoms with Crippen LogP contribution in [-0.4, -0.2) is 20.7 Å². The van der Waals surface area contributed by atoms with Crippen molar-refractivity contribution < 1.29 is 38.0 Å². The first-order valence-electron chi connectivity index (χ1n) is 2.33. The van der Waals surface area contributed by atoms with Crippen LogP contribution in [-0.2, 0) is 20.5 Å². The Morgan fingerprint density at radius 1 is 1.50 bits per heavy atom. The van der Waals surface area contributed by atoms with Crippen LogP contribution < -0.4 is 29.6 Å². The quantitative estimate of drug-likeness (QED) is 0.157. The van der Waals surface area contributed by atoms with E-state index in [0.29, 0.717) is 6.42 Å². The Morgan fingerprint density at radius 2 is 2.00 bits per heavy atom. The van der Waals surface area contributed by atoms with Gasteiger partial charge in [0.2, 0.25) is 6.54 Å². The summed E-state index contributed by atoms with van der Waals surface area (Å²) in [7, 11) is -3.26. The zero-order chi connectivity index (χ0) is 7.33. The molecule has 0 aliphatic heterocycles. The molecule has 0 N–H and O–H groups in total. The molecule has 0 aromatic rings. The van der Waals surface area contributed by atoms with Crippen molar-refractivity contribution in [2.75, 3.05) is 12.3 Å². The van der Waals surface area contributed by atoms with Gasteiger partial charge in [0.1, 0.15) is 0 Å². The molecule has 6 heteroatoms. The minimum atomic E-state index is -3.26. The van der Waals surface area contributed by atoms with Gasteiger partial charge < -0.3 is 16.5 Å². The molecule has 0 fully saturated rings. The maximum atomic E-state index is 10.2. The Labute approximate surface area is 88.0 Å². The zero-order valence-electron chi connectivity index (χ0n) is 5.70. The van der Waals surface area contributed by atoms with E-state index < -0.39 is 8.87 Å². The van der Waals surface area contributed by atoms with Gasteiger partial charge in [-0.15, -0.1) is 0 Å². The Bertz CT molecular complexity index is 206. The van der Waals surface area contributed by atoms with Gasteiger partial charge in [-0.2, -0.15) is 0 Å². The van der Waals surface area contributed by atoms with E-state index >= 15 is 0 Å². The van der Waals surface area contributed by atoms with Crippen LogP contribution in [0, 0.1) is 6.57 Å². The molecule has 0 bridgehead atoms. The van der Waals surface area contributed by atoms with Crippen molar-refractivity contribution in [1.82, 2.24) is 0 Å². The van der Waals surface area contributed by atoms with E-state index in [9.17, 15) is 8.42 Å². The summed E-state index contributed by atoms with van der Waals surface area (Å²) in [5, 5.41) is 0. The SMILES string of the molecule is [C-]#[N+]CCCS(=O)(=O)[S-].[Na+]. The normalized spacial score (nSPS) is 9.60. The summed E-state index contributed by atoms with van der Waals surface area (Å²) in [4.78, 5) is 2.98. The summed E-state index contributed by atoms with van der Waals surface area (Å²) in [6, 6.07) is 0. The van der Waals surface area contributed by atoms with Gasteiger partial charge in [-0.1, -0.05) is 0 Å². The van der Waals surface area contributed by atoms with Crippen molar-refractivity contribution in [3.63, 3.8) is 0 Å². The molecule has 52 valence electrons. The number of hydrogen-bond donors (Lipinski definition) is 0. The maximum absolute atomic E-state index is 10.2. The first kappa shape index (κ1) is 13.4. The third kappa shape index (κ3) is 11.6. The van der Waals surface area contributed by atoms with E-state index in [1.807, 2.05) is 0 Å². The van der Waals surface area contributed by atoms with E-state index in [0.717, 1.165) is 0 Å². The van der Waals surface area contributed by atoms with E-state index in [1.54, 1.807) is 0 Å². The van der Waals surface area contributed by atoms with Crippen LogP contribution in [0.3, 0.4) is 0 Å². The van der Waals surface area contributed by atoms with Crippen molar-refractivity contribution >= 4 is 20.5 Å². The number of hydrogen-bond acceptors (Lipinski definition) is 3. The molecule has 10 heavy (non-hydrogen) atoms. The van der Waals surface area contributed by atoms with Crippen LogP contribution in [0.25, 0.3) is 4.85 Å². The van der Waals surface area contributed by atoms with Crippen molar-refractivity contribution in [3.05, 3.63) is 11.4 Å². The van der Waals surface area contributed by atoms with Crippen molar-refractivity contribution in [2.24, 2.45) is 0 Å². The molecule has 0 spiro atoms. The summed E-state index contributed by atoms with van der Waals surface area (Å²) in [6.07, 6.45) is 0.356. The van der Waals surface area contributed by atoms with Crippen molar-refractivity contribution in [2.45, 2.75) is 6.42 Å². The Morgan fingerprint density at radius 3 is 2.30 bits per heavy atom. The van der Waals surface area contributed by atoms with Gasteiger partial charge in [-0.25, -0.2) is 6.57 Å². The molecular formula is C4H6NNaO2S2. The van der Waals surface area contributed by atoms with Gasteiger partial charge in [0.25, 0.3) is 0 Å². The minimum absolute atomic E-state index is 0. The van der Waals surface area contributed by atoms with Gasteiger partial charge in [-0.3, -0.25) is 8.42 Å². The zero-order valence-corrected chi connectivity index (χ0v) is 9.33. The fraction of sp³-hybridized carbons (Fsp3) is 0.750. The van der Waals surface area contributed by atoms with Crippen molar-refractivity contribution in [3.8, 4) is 0 Å². The van der Waals surface area contributed by atoms with Crippen LogP contribution in [0.15, 0.2) is 0 Å². The molecule has 0 atom stereocenters. The van der Waals surface area contributed by atoms with Gasteiger partial charge >= 0.3 is 29.6 Å². The number of nitrogens with zero attached hydrogens (tertiary/aromatic N) is 1. The topological polar surface area (TPSA) is 38.5 Å². The second-order valence-electron chi connectivity index (χ2n) is 1.50. The average molecular weight is 187 g/mol. The molecule has 3 nitrogen and oxygen atoms in total. The van der Waals surface area contributed by atoms with E-state index in [2.05, 4.69) is 16.5 Å². The van der Waals surface area contributed by atoms with Crippen LogP contribution in [0.2, 0.25) is 0 Å². The van der Waals surface area contributed by atoms with Gasteiger partial charge in [-0.05, 0) is 0 Å². The smallest absolute Gasteiger partial charge is 0.649 e. The standard InChI is InChI=1S/C4H7NO2S2.Na/c1-5-3-2-4-9(6,7)8;/h2-4H2,(H,6,7,8);/q;+1/p-1. The second kappa shape index (κ2) is 6.50. The third-order valence-corrected chi connectivity index (χ3v) is 1.95. The predicted octanol–water partition coefficient (Wildman–Crippen LogP) is -2.82. The first-order chi connectivity index (χ1) is 4.06. The molecular weight excluding hydrogens is 181 g/mol. The van der Waals surface area contributed by atoms with E-state index in [-0.39, 0.29) is 41.9 Å². The Hall–Kier alpha value is 0.790. The van der Waals surface area contributed by atoms with E-state index in [1.165, 1.54) is 0 Å². The second-order valence-corrected chi connectivity index (χ2v) is 4.54. The fourth-order valence-corrected chi connectivity index (χ4v) is 1.16. The molecule has 0 aromatic carbocycles.